The first-order chi connectivity index (χ1) is 18.0. The van der Waals surface area contributed by atoms with Crippen LogP contribution < -0.4 is 10.6 Å². The minimum absolute atomic E-state index is 0.120. The van der Waals surface area contributed by atoms with Gasteiger partial charge in [-0.2, -0.15) is 0 Å². The number of halogens is 2. The van der Waals surface area contributed by atoms with E-state index < -0.39 is 47.2 Å². The number of β-lactam (4-membered cyclic amide) rings is 1. The van der Waals surface area contributed by atoms with Crippen LogP contribution in [-0.2, 0) is 27.9 Å². The molecule has 4 rings (SSSR count). The lowest BCUT2D eigenvalue weighted by Crippen LogP contribution is -2.69. The van der Waals surface area contributed by atoms with Crippen molar-refractivity contribution in [1.82, 2.24) is 19.4 Å². The van der Waals surface area contributed by atoms with Crippen molar-refractivity contribution in [2.24, 2.45) is 13.0 Å². The third-order valence-electron chi connectivity index (χ3n) is 7.20. The van der Waals surface area contributed by atoms with Crippen molar-refractivity contribution in [3.8, 4) is 0 Å². The van der Waals surface area contributed by atoms with E-state index in [0.717, 1.165) is 11.0 Å². The molecule has 1 aliphatic heterocycles. The highest BCUT2D eigenvalue weighted by molar-refractivity contribution is 6.12. The zero-order valence-corrected chi connectivity index (χ0v) is 21.7. The predicted molar refractivity (Wildman–Crippen MR) is 137 cm³/mol. The maximum Gasteiger partial charge on any atom is 0.253 e. The third kappa shape index (κ3) is 4.88. The molecule has 1 saturated heterocycles. The zero-order valence-electron chi connectivity index (χ0n) is 21.7. The normalized spacial score (nSPS) is 17.7. The van der Waals surface area contributed by atoms with E-state index in [-0.39, 0.29) is 24.2 Å². The Balaban J connectivity index is 1.63. The number of carbonyl (C=O) groups is 3. The van der Waals surface area contributed by atoms with Crippen molar-refractivity contribution in [2.75, 3.05) is 17.7 Å². The number of likely N-dealkylation sites (tertiary alicyclic amines) is 1. The SMILES string of the molecule is CC[C@@H](CC(=O)N1C(=O)[C@H](Cc2ccnc(N)c2)[C@H]1C(=O)N(C)c1nccn1C)c1ccc(F)c(F)c1C. The van der Waals surface area contributed by atoms with Crippen molar-refractivity contribution in [3.05, 3.63) is 71.2 Å². The summed E-state index contributed by atoms with van der Waals surface area (Å²) in [4.78, 5) is 51.0. The minimum atomic E-state index is -1.06. The predicted octanol–water partition coefficient (Wildman–Crippen LogP) is 3.13. The lowest BCUT2D eigenvalue weighted by atomic mass is 9.80. The summed E-state index contributed by atoms with van der Waals surface area (Å²) < 4.78 is 29.6. The maximum absolute atomic E-state index is 14.2. The van der Waals surface area contributed by atoms with Gasteiger partial charge in [0, 0.05) is 39.1 Å². The summed E-state index contributed by atoms with van der Waals surface area (Å²) in [5.74, 6) is -4.04. The number of benzene rings is 1. The average Bonchev–Trinajstić information content (AvgIpc) is 3.32. The Labute approximate surface area is 219 Å². The molecule has 0 radical (unpaired) electrons. The van der Waals surface area contributed by atoms with Crippen LogP contribution in [0.3, 0.4) is 0 Å². The summed E-state index contributed by atoms with van der Waals surface area (Å²) in [5.41, 5.74) is 7.11. The summed E-state index contributed by atoms with van der Waals surface area (Å²) >= 11 is 0. The van der Waals surface area contributed by atoms with Gasteiger partial charge in [-0.15, -0.1) is 0 Å². The molecule has 9 nitrogen and oxygen atoms in total. The highest BCUT2D eigenvalue weighted by atomic mass is 19.2. The van der Waals surface area contributed by atoms with Gasteiger partial charge >= 0.3 is 0 Å². The first kappa shape index (κ1) is 26.9. The number of rotatable bonds is 8. The fraction of sp³-hybridized carbons (Fsp3) is 0.370. The van der Waals surface area contributed by atoms with Crippen molar-refractivity contribution >= 4 is 29.5 Å². The molecule has 200 valence electrons. The number of nitrogens with zero attached hydrogens (tertiary/aromatic N) is 5. The van der Waals surface area contributed by atoms with E-state index in [9.17, 15) is 23.2 Å². The number of amides is 3. The number of pyridine rings is 1. The number of imidazole rings is 1. The molecule has 0 aliphatic carbocycles. The van der Waals surface area contributed by atoms with Crippen LogP contribution in [0.1, 0.15) is 42.4 Å². The first-order valence-corrected chi connectivity index (χ1v) is 12.3. The van der Waals surface area contributed by atoms with Gasteiger partial charge in [0.15, 0.2) is 11.6 Å². The van der Waals surface area contributed by atoms with Gasteiger partial charge in [0.1, 0.15) is 11.9 Å². The molecule has 0 bridgehead atoms. The standard InChI is InChI=1S/C27H30F2N6O3/c1-5-17(18-6-7-20(28)23(29)15(18)2)14-22(36)35-24(26(38)34(4)27-32-10-11-33(27)3)19(25(35)37)12-16-8-9-31-21(30)13-16/h6-11,13,17,19,24H,5,12,14H2,1-4H3,(H2,30,31)/t17-,19+,24-/m0/s1. The molecule has 0 saturated carbocycles. The summed E-state index contributed by atoms with van der Waals surface area (Å²) in [6, 6.07) is 4.76. The number of carbonyl (C=O) groups excluding carboxylic acids is 3. The van der Waals surface area contributed by atoms with Crippen LogP contribution in [0.4, 0.5) is 20.5 Å². The largest absolute Gasteiger partial charge is 0.384 e. The molecule has 38 heavy (non-hydrogen) atoms. The average molecular weight is 525 g/mol. The molecule has 1 aliphatic rings. The molecule has 2 aromatic heterocycles. The smallest absolute Gasteiger partial charge is 0.253 e. The highest BCUT2D eigenvalue weighted by Gasteiger charge is 2.55. The molecule has 3 aromatic rings. The van der Waals surface area contributed by atoms with Crippen LogP contribution in [0.25, 0.3) is 0 Å². The van der Waals surface area contributed by atoms with Gasteiger partial charge in [-0.25, -0.2) is 18.7 Å². The monoisotopic (exact) mass is 524 g/mol. The number of likely N-dealkylation sites (N-methyl/N-ethyl adjacent to an activating group) is 1. The number of imide groups is 1. The Morgan fingerprint density at radius 3 is 2.55 bits per heavy atom. The van der Waals surface area contributed by atoms with Crippen LogP contribution in [-0.4, -0.2) is 50.2 Å². The Morgan fingerprint density at radius 2 is 1.92 bits per heavy atom. The molecule has 0 unspecified atom stereocenters. The molecule has 3 amide bonds. The fourth-order valence-electron chi connectivity index (χ4n) is 5.05. The topological polar surface area (TPSA) is 114 Å². The Morgan fingerprint density at radius 1 is 1.18 bits per heavy atom. The van der Waals surface area contributed by atoms with Crippen LogP contribution in [0.15, 0.2) is 42.9 Å². The van der Waals surface area contributed by atoms with Gasteiger partial charge in [0.2, 0.25) is 17.8 Å². The van der Waals surface area contributed by atoms with Gasteiger partial charge < -0.3 is 10.3 Å². The van der Waals surface area contributed by atoms with Gasteiger partial charge in [-0.3, -0.25) is 24.2 Å². The number of hydrogen-bond acceptors (Lipinski definition) is 6. The Hall–Kier alpha value is -4.15. The van der Waals surface area contributed by atoms with E-state index in [1.54, 1.807) is 36.1 Å². The van der Waals surface area contributed by atoms with Crippen molar-refractivity contribution in [2.45, 2.75) is 45.1 Å². The number of aryl methyl sites for hydroxylation is 1. The van der Waals surface area contributed by atoms with Crippen LogP contribution in [0.5, 0.6) is 0 Å². The van der Waals surface area contributed by atoms with Crippen LogP contribution in [0, 0.1) is 24.5 Å². The van der Waals surface area contributed by atoms with Crippen molar-refractivity contribution < 1.29 is 23.2 Å². The van der Waals surface area contributed by atoms with Gasteiger partial charge in [-0.05, 0) is 60.6 Å². The molecule has 3 atom stereocenters. The van der Waals surface area contributed by atoms with E-state index in [2.05, 4.69) is 9.97 Å². The third-order valence-corrected chi connectivity index (χ3v) is 7.20. The molecular formula is C27H30F2N6O3. The number of aromatic nitrogens is 3. The molecule has 2 N–H and O–H groups in total. The second kappa shape index (κ2) is 10.7. The lowest BCUT2D eigenvalue weighted by Gasteiger charge is -2.46. The summed E-state index contributed by atoms with van der Waals surface area (Å²) in [7, 11) is 3.27. The number of hydrogen-bond donors (Lipinski definition) is 1. The van der Waals surface area contributed by atoms with Gasteiger partial charge in [-0.1, -0.05) is 13.0 Å². The lowest BCUT2D eigenvalue weighted by molar-refractivity contribution is -0.170. The van der Waals surface area contributed by atoms with Gasteiger partial charge in [0.05, 0.1) is 5.92 Å². The number of nitrogens with two attached hydrogens (primary N) is 1. The summed E-state index contributed by atoms with van der Waals surface area (Å²) in [6.07, 6.45) is 5.25. The van der Waals surface area contributed by atoms with Crippen LogP contribution in [0.2, 0.25) is 0 Å². The quantitative estimate of drug-likeness (QED) is 0.453. The molecule has 1 aromatic carbocycles. The van der Waals surface area contributed by atoms with Gasteiger partial charge in [0.25, 0.3) is 5.91 Å². The first-order valence-electron chi connectivity index (χ1n) is 12.3. The van der Waals surface area contributed by atoms with Crippen LogP contribution >= 0.6 is 0 Å². The second-order valence-electron chi connectivity index (χ2n) is 9.57. The highest BCUT2D eigenvalue weighted by Crippen LogP contribution is 2.36. The molecule has 3 heterocycles. The summed E-state index contributed by atoms with van der Waals surface area (Å²) in [5, 5.41) is 0. The second-order valence-corrected chi connectivity index (χ2v) is 9.57. The van der Waals surface area contributed by atoms with E-state index in [4.69, 9.17) is 5.73 Å². The fourth-order valence-corrected chi connectivity index (χ4v) is 5.05. The molecular weight excluding hydrogens is 494 g/mol. The van der Waals surface area contributed by atoms with E-state index in [1.165, 1.54) is 31.1 Å². The zero-order chi connectivity index (χ0) is 27.7. The van der Waals surface area contributed by atoms with Crippen molar-refractivity contribution in [1.29, 1.82) is 0 Å². The Bertz CT molecular complexity index is 1390. The van der Waals surface area contributed by atoms with Crippen molar-refractivity contribution in [3.63, 3.8) is 0 Å². The molecule has 0 spiro atoms. The molecule has 1 fully saturated rings. The Kier molecular flexibility index (Phi) is 7.56. The van der Waals surface area contributed by atoms with E-state index in [0.29, 0.717) is 23.5 Å². The summed E-state index contributed by atoms with van der Waals surface area (Å²) in [6.45, 7) is 3.28. The number of anilines is 2. The minimum Gasteiger partial charge on any atom is -0.384 e. The maximum atomic E-state index is 14.2. The number of nitrogen functional groups attached to an aromatic ring is 1. The molecule has 11 heteroatoms. The van der Waals surface area contributed by atoms with E-state index in [1.807, 2.05) is 6.92 Å². The van der Waals surface area contributed by atoms with E-state index >= 15 is 0 Å².